The van der Waals surface area contributed by atoms with Crippen LogP contribution in [0.3, 0.4) is 0 Å². The fourth-order valence-corrected chi connectivity index (χ4v) is 7.79. The van der Waals surface area contributed by atoms with E-state index in [1.807, 2.05) is 140 Å². The highest BCUT2D eigenvalue weighted by Crippen LogP contribution is 2.41. The molecule has 0 spiro atoms. The predicted molar refractivity (Wildman–Crippen MR) is 246 cm³/mol. The third kappa shape index (κ3) is 6.70. The Hall–Kier alpha value is -8.42. The van der Waals surface area contributed by atoms with E-state index in [1.54, 1.807) is 0 Å². The van der Waals surface area contributed by atoms with Crippen LogP contribution in [0.4, 0.5) is 0 Å². The molecule has 0 aliphatic carbocycles. The van der Waals surface area contributed by atoms with Crippen molar-refractivity contribution in [2.24, 2.45) is 0 Å². The van der Waals surface area contributed by atoms with E-state index in [1.165, 1.54) is 0 Å². The minimum Gasteiger partial charge on any atom is -0.308 e. The Morgan fingerprint density at radius 3 is 1.36 bits per heavy atom. The zero-order chi connectivity index (χ0) is 44.9. The van der Waals surface area contributed by atoms with Crippen molar-refractivity contribution in [1.82, 2.24) is 34.5 Å². The standard InChI is InChI=1S/C54H35N7/c1-6-19-36(20-7-1)42-30-18-31-44-43-29-16-17-32-46(43)61(48(42)44)47-34-33-41(53-57-49(37-21-8-2-9-22-37)55-50(58-53)38-23-10-3-11-24-38)35-45(47)54-59-51(39-25-12-4-13-26-39)56-52(60-54)40-27-14-5-15-28-40/h1-35H/i4D,12D,13D,25D,26D. The van der Waals surface area contributed by atoms with E-state index >= 15 is 0 Å². The minimum absolute atomic E-state index is 0.0720. The van der Waals surface area contributed by atoms with Crippen LogP contribution in [0.25, 0.3) is 107 Å². The molecule has 0 aliphatic heterocycles. The van der Waals surface area contributed by atoms with Crippen LogP contribution in [0, 0.1) is 0 Å². The zero-order valence-corrected chi connectivity index (χ0v) is 32.5. The Kier molecular flexibility index (Phi) is 7.73. The molecule has 11 aromatic rings. The maximum absolute atomic E-state index is 8.99. The Bertz CT molecular complexity index is 3560. The number of fused-ring (bicyclic) bond motifs is 3. The number of benzene rings is 8. The quantitative estimate of drug-likeness (QED) is 0.153. The second-order valence-corrected chi connectivity index (χ2v) is 14.4. The first kappa shape index (κ1) is 30.6. The summed E-state index contributed by atoms with van der Waals surface area (Å²) in [5.74, 6) is 1.78. The molecule has 0 N–H and O–H groups in total. The van der Waals surface area contributed by atoms with Gasteiger partial charge in [-0.25, -0.2) is 29.9 Å². The highest BCUT2D eigenvalue weighted by atomic mass is 15.1. The molecule has 0 bridgehead atoms. The summed E-state index contributed by atoms with van der Waals surface area (Å²) in [5, 5.41) is 2.08. The van der Waals surface area contributed by atoms with E-state index in [-0.39, 0.29) is 23.0 Å². The molecule has 7 heteroatoms. The maximum Gasteiger partial charge on any atom is 0.166 e. The number of rotatable bonds is 8. The fourth-order valence-electron chi connectivity index (χ4n) is 7.79. The molecule has 3 aromatic heterocycles. The van der Waals surface area contributed by atoms with Crippen LogP contribution in [-0.4, -0.2) is 34.5 Å². The van der Waals surface area contributed by atoms with E-state index in [4.69, 9.17) is 36.8 Å². The molecule has 0 amide bonds. The Labute approximate surface area is 359 Å². The van der Waals surface area contributed by atoms with E-state index < -0.39 is 30.2 Å². The predicted octanol–water partition coefficient (Wildman–Crippen LogP) is 12.8. The second-order valence-electron chi connectivity index (χ2n) is 14.4. The van der Waals surface area contributed by atoms with Crippen molar-refractivity contribution in [2.75, 3.05) is 0 Å². The van der Waals surface area contributed by atoms with Gasteiger partial charge in [0, 0.05) is 49.7 Å². The summed E-state index contributed by atoms with van der Waals surface area (Å²) in [5.41, 5.74) is 7.99. The van der Waals surface area contributed by atoms with Gasteiger partial charge in [-0.15, -0.1) is 0 Å². The lowest BCUT2D eigenvalue weighted by molar-refractivity contribution is 1.06. The van der Waals surface area contributed by atoms with Gasteiger partial charge in [0.2, 0.25) is 0 Å². The molecule has 11 rings (SSSR count). The van der Waals surface area contributed by atoms with Crippen molar-refractivity contribution in [3.63, 3.8) is 0 Å². The van der Waals surface area contributed by atoms with E-state index in [0.717, 1.165) is 44.1 Å². The largest absolute Gasteiger partial charge is 0.308 e. The molecule has 7 nitrogen and oxygen atoms in total. The fraction of sp³-hybridized carbons (Fsp3) is 0. The molecule has 61 heavy (non-hydrogen) atoms. The van der Waals surface area contributed by atoms with Gasteiger partial charge in [-0.05, 0) is 29.8 Å². The first-order chi connectivity index (χ1) is 32.3. The summed E-state index contributed by atoms with van der Waals surface area (Å²) in [6.45, 7) is 0. The van der Waals surface area contributed by atoms with E-state index in [2.05, 4.69) is 47.0 Å². The van der Waals surface area contributed by atoms with Crippen molar-refractivity contribution < 1.29 is 6.85 Å². The lowest BCUT2D eigenvalue weighted by atomic mass is 10.0. The molecular formula is C54H35N7. The number of nitrogens with zero attached hydrogens (tertiary/aromatic N) is 7. The van der Waals surface area contributed by atoms with Gasteiger partial charge in [-0.3, -0.25) is 0 Å². The van der Waals surface area contributed by atoms with Crippen LogP contribution >= 0.6 is 0 Å². The van der Waals surface area contributed by atoms with Gasteiger partial charge in [0.15, 0.2) is 34.9 Å². The Morgan fingerprint density at radius 2 is 0.787 bits per heavy atom. The molecule has 8 aromatic carbocycles. The van der Waals surface area contributed by atoms with Crippen LogP contribution in [0.1, 0.15) is 6.85 Å². The first-order valence-electron chi connectivity index (χ1n) is 22.3. The van der Waals surface area contributed by atoms with Crippen LogP contribution in [0.2, 0.25) is 0 Å². The summed E-state index contributed by atoms with van der Waals surface area (Å²) >= 11 is 0. The minimum atomic E-state index is -0.510. The van der Waals surface area contributed by atoms with Crippen LogP contribution in [0.15, 0.2) is 212 Å². The van der Waals surface area contributed by atoms with Gasteiger partial charge in [0.05, 0.1) is 23.6 Å². The first-order valence-corrected chi connectivity index (χ1v) is 19.8. The second kappa shape index (κ2) is 15.4. The molecule has 0 fully saturated rings. The lowest BCUT2D eigenvalue weighted by Gasteiger charge is -2.17. The average Bonchev–Trinajstić information content (AvgIpc) is 3.72. The van der Waals surface area contributed by atoms with E-state index in [9.17, 15) is 0 Å². The summed E-state index contributed by atoms with van der Waals surface area (Å²) in [6, 6.07) is 57.3. The normalized spacial score (nSPS) is 12.4. The summed E-state index contributed by atoms with van der Waals surface area (Å²) in [6.07, 6.45) is 0. The van der Waals surface area contributed by atoms with Crippen LogP contribution < -0.4 is 0 Å². The Balaban J connectivity index is 1.26. The molecule has 0 atom stereocenters. The van der Waals surface area contributed by atoms with Gasteiger partial charge < -0.3 is 4.57 Å². The lowest BCUT2D eigenvalue weighted by Crippen LogP contribution is -2.05. The monoisotopic (exact) mass is 786 g/mol. The molecule has 0 saturated carbocycles. The van der Waals surface area contributed by atoms with Gasteiger partial charge in [-0.1, -0.05) is 188 Å². The number of para-hydroxylation sites is 2. The molecule has 0 radical (unpaired) electrons. The van der Waals surface area contributed by atoms with Crippen molar-refractivity contribution in [2.45, 2.75) is 0 Å². The number of hydrogen-bond acceptors (Lipinski definition) is 6. The average molecular weight is 787 g/mol. The van der Waals surface area contributed by atoms with Crippen molar-refractivity contribution in [1.29, 1.82) is 0 Å². The molecule has 0 saturated heterocycles. The molecular weight excluding hydrogens is 747 g/mol. The number of hydrogen-bond donors (Lipinski definition) is 0. The summed E-state index contributed by atoms with van der Waals surface area (Å²) in [4.78, 5) is 30.1. The summed E-state index contributed by atoms with van der Waals surface area (Å²) < 4.78 is 45.7. The van der Waals surface area contributed by atoms with Gasteiger partial charge in [-0.2, -0.15) is 0 Å². The molecule has 0 aliphatic rings. The SMILES string of the molecule is [2H]c1c([2H])c([2H])c(-c2nc(-c3ccccc3)nc(-c3cc(-c4nc(-c5ccccc5)nc(-c5ccccc5)n4)ccc3-n3c4ccccc4c4cccc(-c5ccccc5)c43)n2)c([2H])c1[2H]. The maximum atomic E-state index is 8.99. The van der Waals surface area contributed by atoms with Crippen molar-refractivity contribution >= 4 is 21.8 Å². The van der Waals surface area contributed by atoms with E-state index in [0.29, 0.717) is 39.9 Å². The number of aromatic nitrogens is 7. The summed E-state index contributed by atoms with van der Waals surface area (Å²) in [7, 11) is 0. The third-order valence-corrected chi connectivity index (χ3v) is 10.6. The molecule has 0 unspecified atom stereocenters. The van der Waals surface area contributed by atoms with Crippen LogP contribution in [0.5, 0.6) is 0 Å². The van der Waals surface area contributed by atoms with Crippen molar-refractivity contribution in [3.8, 4) is 85.1 Å². The van der Waals surface area contributed by atoms with Gasteiger partial charge >= 0.3 is 0 Å². The Morgan fingerprint density at radius 1 is 0.328 bits per heavy atom. The highest BCUT2D eigenvalue weighted by molar-refractivity contribution is 6.14. The highest BCUT2D eigenvalue weighted by Gasteiger charge is 2.23. The third-order valence-electron chi connectivity index (χ3n) is 10.6. The zero-order valence-electron chi connectivity index (χ0n) is 37.5. The van der Waals surface area contributed by atoms with Gasteiger partial charge in [0.1, 0.15) is 0 Å². The molecule has 3 heterocycles. The van der Waals surface area contributed by atoms with Crippen LogP contribution in [-0.2, 0) is 0 Å². The molecule has 286 valence electrons. The van der Waals surface area contributed by atoms with Gasteiger partial charge in [0.25, 0.3) is 0 Å². The van der Waals surface area contributed by atoms with Crippen molar-refractivity contribution in [3.05, 3.63) is 212 Å². The smallest absolute Gasteiger partial charge is 0.166 e. The topological polar surface area (TPSA) is 82.3 Å².